The molecule has 19 heteroatoms. The summed E-state index contributed by atoms with van der Waals surface area (Å²) in [6.07, 6.45) is 5.92. The van der Waals surface area contributed by atoms with Crippen LogP contribution < -0.4 is 15.1 Å². The average Bonchev–Trinajstić information content (AvgIpc) is 3.74. The summed E-state index contributed by atoms with van der Waals surface area (Å²) in [5, 5.41) is 0.717. The van der Waals surface area contributed by atoms with Gasteiger partial charge in [0.25, 0.3) is 10.1 Å². The first-order valence-corrected chi connectivity index (χ1v) is 19.4. The van der Waals surface area contributed by atoms with Crippen molar-refractivity contribution in [3.05, 3.63) is 42.0 Å². The van der Waals surface area contributed by atoms with Crippen LogP contribution in [0.2, 0.25) is 0 Å². The smallest absolute Gasteiger partial charge is 0.384 e. The van der Waals surface area contributed by atoms with Crippen molar-refractivity contribution in [1.29, 1.82) is 0 Å². The summed E-state index contributed by atoms with van der Waals surface area (Å²) in [6.45, 7) is 3.10. The molecular weight excluding hydrogens is 730 g/mol. The maximum atomic E-state index is 14.2. The average molecular weight is 773 g/mol. The molecule has 1 amide bonds. The number of imidazole rings is 1. The lowest BCUT2D eigenvalue weighted by Gasteiger charge is -2.36. The van der Waals surface area contributed by atoms with E-state index in [0.717, 1.165) is 37.4 Å². The van der Waals surface area contributed by atoms with Gasteiger partial charge in [0.15, 0.2) is 16.8 Å². The van der Waals surface area contributed by atoms with E-state index in [9.17, 15) is 30.9 Å². The van der Waals surface area contributed by atoms with Gasteiger partial charge in [-0.1, -0.05) is 12.8 Å². The van der Waals surface area contributed by atoms with E-state index in [1.54, 1.807) is 25.6 Å². The van der Waals surface area contributed by atoms with E-state index < -0.39 is 27.2 Å². The minimum Gasteiger partial charge on any atom is -0.384 e. The van der Waals surface area contributed by atoms with Crippen LogP contribution in [0.4, 0.5) is 24.7 Å². The summed E-state index contributed by atoms with van der Waals surface area (Å²) in [4.78, 5) is 43.1. The molecule has 0 aromatic carbocycles. The molecule has 2 aliphatic carbocycles. The van der Waals surface area contributed by atoms with Crippen LogP contribution in [0.5, 0.6) is 0 Å². The number of nitrogens with one attached hydrogen (secondary N) is 2. The first-order valence-electron chi connectivity index (χ1n) is 17.9. The quantitative estimate of drug-likeness (QED) is 0.123. The Labute approximate surface area is 310 Å². The Bertz CT molecular complexity index is 2080. The molecule has 1 atom stereocenters. The normalized spacial score (nSPS) is 18.6. The summed E-state index contributed by atoms with van der Waals surface area (Å²) >= 11 is 0. The van der Waals surface area contributed by atoms with Crippen LogP contribution in [0.15, 0.2) is 30.7 Å². The molecular formula is C35H43F3N10O5S. The molecule has 0 spiro atoms. The van der Waals surface area contributed by atoms with Crippen molar-refractivity contribution in [2.75, 3.05) is 69.8 Å². The minimum atomic E-state index is -4.56. The number of pyridine rings is 2. The van der Waals surface area contributed by atoms with Gasteiger partial charge in [0.1, 0.15) is 17.0 Å². The number of methoxy groups -OCH3 is 1. The maximum Gasteiger partial charge on any atom is 0.418 e. The highest BCUT2D eigenvalue weighted by molar-refractivity contribution is 7.86. The number of carbonyl (C=O) groups is 1. The van der Waals surface area contributed by atoms with E-state index in [4.69, 9.17) is 14.7 Å². The number of amides is 1. The number of alkyl halides is 3. The molecule has 3 N–H and O–H groups in total. The number of halogens is 3. The Morgan fingerprint density at radius 2 is 1.81 bits per heavy atom. The van der Waals surface area contributed by atoms with Gasteiger partial charge in [-0.2, -0.15) is 21.6 Å². The van der Waals surface area contributed by atoms with Crippen molar-refractivity contribution >= 4 is 39.2 Å². The number of ether oxygens (including phenoxy) is 1. The molecule has 3 fully saturated rings. The molecule has 0 radical (unpaired) electrons. The zero-order valence-electron chi connectivity index (χ0n) is 30.0. The number of carbonyl (C=O) groups excluding carboxylic acids is 1. The number of H-pyrrole nitrogens is 1. The third-order valence-corrected chi connectivity index (χ3v) is 11.6. The highest BCUT2D eigenvalue weighted by Crippen LogP contribution is 2.46. The second kappa shape index (κ2) is 15.0. The Balaban J connectivity index is 1.17. The highest BCUT2D eigenvalue weighted by atomic mass is 32.2. The SMILES string of the molecule is COCC1(CN(C)c2cc(-c3cnc(C4CC4)c(C(F)(F)F)c3)nc3nc(-c4cnc(N5CCN(CC(NC=O)S(=O)(=O)O)CC5)cn4)[nH]c23)CCCC1. The lowest BCUT2D eigenvalue weighted by Crippen LogP contribution is -2.52. The number of fused-ring (bicyclic) bond motifs is 1. The zero-order valence-corrected chi connectivity index (χ0v) is 30.8. The standard InChI is InChI=1S/C35H43F3N10O5S/c1-46(19-34(20-53-2)7-3-4-8-34)27-14-25(23-13-24(35(36,37)38)30(41-15-23)22-5-6-22)43-33-31(27)44-32(45-33)26-16-40-28(17-39-26)48-11-9-47(10-12-48)18-29(42-21-49)54(50,51)52/h13-17,21-22,29H,3-12,18-20H2,1-2H3,(H,42,49)(H,43,44,45)(H,50,51,52). The van der Waals surface area contributed by atoms with Gasteiger partial charge in [0, 0.05) is 76.5 Å². The minimum absolute atomic E-state index is 0.0614. The molecule has 5 heterocycles. The number of aromatic amines is 1. The number of piperazine rings is 1. The first-order chi connectivity index (χ1) is 25.8. The Morgan fingerprint density at radius 3 is 2.43 bits per heavy atom. The van der Waals surface area contributed by atoms with E-state index in [1.807, 2.05) is 16.8 Å². The molecule has 1 aliphatic heterocycles. The fourth-order valence-corrected chi connectivity index (χ4v) is 8.37. The number of anilines is 2. The summed E-state index contributed by atoms with van der Waals surface area (Å²) in [5.41, 5.74) is 1.91. The fourth-order valence-electron chi connectivity index (χ4n) is 7.74. The number of hydrogen-bond acceptors (Lipinski definition) is 12. The van der Waals surface area contributed by atoms with Crippen LogP contribution >= 0.6 is 0 Å². The molecule has 7 rings (SSSR count). The molecule has 2 saturated carbocycles. The van der Waals surface area contributed by atoms with Gasteiger partial charge < -0.3 is 24.8 Å². The lowest BCUT2D eigenvalue weighted by atomic mass is 9.86. The van der Waals surface area contributed by atoms with Crippen LogP contribution in [0.1, 0.15) is 55.7 Å². The van der Waals surface area contributed by atoms with Crippen molar-refractivity contribution in [1.82, 2.24) is 40.1 Å². The summed E-state index contributed by atoms with van der Waals surface area (Å²) in [7, 11) is -0.805. The highest BCUT2D eigenvalue weighted by Gasteiger charge is 2.40. The number of aromatic nitrogens is 6. The second-order valence-electron chi connectivity index (χ2n) is 14.6. The van der Waals surface area contributed by atoms with E-state index >= 15 is 0 Å². The summed E-state index contributed by atoms with van der Waals surface area (Å²) in [6, 6.07) is 2.93. The summed E-state index contributed by atoms with van der Waals surface area (Å²) in [5.74, 6) is 0.799. The van der Waals surface area contributed by atoms with Crippen molar-refractivity contribution in [3.8, 4) is 22.8 Å². The zero-order chi connectivity index (χ0) is 38.3. The summed E-state index contributed by atoms with van der Waals surface area (Å²) < 4.78 is 81.1. The van der Waals surface area contributed by atoms with Crippen molar-refractivity contribution < 1.29 is 35.7 Å². The van der Waals surface area contributed by atoms with Gasteiger partial charge in [-0.3, -0.25) is 19.2 Å². The predicted molar refractivity (Wildman–Crippen MR) is 194 cm³/mol. The van der Waals surface area contributed by atoms with Crippen LogP contribution in [0.3, 0.4) is 0 Å². The first kappa shape index (κ1) is 37.8. The third-order valence-electron chi connectivity index (χ3n) is 10.6. The Hall–Kier alpha value is -4.46. The van der Waals surface area contributed by atoms with Crippen molar-refractivity contribution in [3.63, 3.8) is 0 Å². The van der Waals surface area contributed by atoms with Gasteiger partial charge in [-0.15, -0.1) is 0 Å². The topological polar surface area (TPSA) is 183 Å². The van der Waals surface area contributed by atoms with Crippen LogP contribution in [-0.2, 0) is 25.8 Å². The molecule has 4 aromatic heterocycles. The van der Waals surface area contributed by atoms with E-state index in [1.165, 1.54) is 6.20 Å². The number of hydrogen-bond donors (Lipinski definition) is 3. The number of nitrogens with zero attached hydrogens (tertiary/aromatic N) is 8. The number of rotatable bonds is 14. The van der Waals surface area contributed by atoms with Crippen LogP contribution in [0, 0.1) is 5.41 Å². The van der Waals surface area contributed by atoms with Gasteiger partial charge in [-0.05, 0) is 37.8 Å². The van der Waals surface area contributed by atoms with E-state index in [2.05, 4.69) is 30.2 Å². The maximum absolute atomic E-state index is 14.2. The fraction of sp³-hybridized carbons (Fsp3) is 0.543. The molecule has 1 saturated heterocycles. The molecule has 3 aliphatic rings. The van der Waals surface area contributed by atoms with Crippen LogP contribution in [0.25, 0.3) is 33.9 Å². The predicted octanol–water partition coefficient (Wildman–Crippen LogP) is 4.10. The van der Waals surface area contributed by atoms with Gasteiger partial charge in [0.05, 0.1) is 41.6 Å². The van der Waals surface area contributed by atoms with Gasteiger partial charge >= 0.3 is 6.18 Å². The molecule has 0 bridgehead atoms. The largest absolute Gasteiger partial charge is 0.418 e. The molecule has 4 aromatic rings. The lowest BCUT2D eigenvalue weighted by molar-refractivity contribution is -0.138. The molecule has 15 nitrogen and oxygen atoms in total. The van der Waals surface area contributed by atoms with Crippen molar-refractivity contribution in [2.45, 2.75) is 56.0 Å². The van der Waals surface area contributed by atoms with Gasteiger partial charge in [-0.25, -0.2) is 19.9 Å². The molecule has 54 heavy (non-hydrogen) atoms. The monoisotopic (exact) mass is 772 g/mol. The van der Waals surface area contributed by atoms with Crippen molar-refractivity contribution in [2.24, 2.45) is 5.41 Å². The molecule has 290 valence electrons. The van der Waals surface area contributed by atoms with E-state index in [-0.39, 0.29) is 35.5 Å². The second-order valence-corrected chi connectivity index (χ2v) is 16.2. The Kier molecular flexibility index (Phi) is 10.5. The third kappa shape index (κ3) is 8.13. The Morgan fingerprint density at radius 1 is 1.07 bits per heavy atom. The van der Waals surface area contributed by atoms with Gasteiger partial charge in [0.2, 0.25) is 6.41 Å². The van der Waals surface area contributed by atoms with E-state index in [0.29, 0.717) is 86.4 Å². The molecule has 1 unspecified atom stereocenters. The van der Waals surface area contributed by atoms with Crippen LogP contribution in [-0.4, -0.2) is 120 Å².